The molecule has 2 unspecified atom stereocenters. The lowest BCUT2D eigenvalue weighted by Gasteiger charge is -2.04. The third kappa shape index (κ3) is 1.13. The van der Waals surface area contributed by atoms with E-state index in [2.05, 4.69) is 0 Å². The van der Waals surface area contributed by atoms with Crippen LogP contribution in [0.2, 0.25) is 0 Å². The van der Waals surface area contributed by atoms with Gasteiger partial charge in [0.05, 0.1) is 6.61 Å². The first kappa shape index (κ1) is 7.10. The second kappa shape index (κ2) is 2.21. The molecule has 1 aliphatic heterocycles. The second-order valence-corrected chi connectivity index (χ2v) is 3.47. The van der Waals surface area contributed by atoms with E-state index >= 15 is 0 Å². The maximum atomic E-state index is 10.6. The summed E-state index contributed by atoms with van der Waals surface area (Å²) in [5, 5.41) is 0. The monoisotopic (exact) mass is 156 g/mol. The van der Waals surface area contributed by atoms with E-state index in [1.54, 1.807) is 0 Å². The zero-order chi connectivity index (χ0) is 7.90. The van der Waals surface area contributed by atoms with E-state index in [9.17, 15) is 4.79 Å². The normalized spacial score (nSPS) is 41.0. The zero-order valence-electron chi connectivity index (χ0n) is 6.63. The van der Waals surface area contributed by atoms with Crippen molar-refractivity contribution in [3.05, 3.63) is 0 Å². The van der Waals surface area contributed by atoms with Gasteiger partial charge in [-0.15, -0.1) is 0 Å². The topological polar surface area (TPSA) is 35.5 Å². The fraction of sp³-hybridized carbons (Fsp3) is 0.875. The highest BCUT2D eigenvalue weighted by Gasteiger charge is 2.58. The molecule has 1 aliphatic carbocycles. The summed E-state index contributed by atoms with van der Waals surface area (Å²) in [7, 11) is 0. The molecule has 1 saturated carbocycles. The number of hydrogen-bond acceptors (Lipinski definition) is 3. The van der Waals surface area contributed by atoms with Gasteiger partial charge in [-0.05, 0) is 12.8 Å². The average molecular weight is 156 g/mol. The smallest absolute Gasteiger partial charge is 0.302 e. The molecule has 2 atom stereocenters. The second-order valence-electron chi connectivity index (χ2n) is 3.47. The van der Waals surface area contributed by atoms with Crippen LogP contribution in [0, 0.1) is 5.41 Å². The fourth-order valence-corrected chi connectivity index (χ4v) is 1.72. The summed E-state index contributed by atoms with van der Waals surface area (Å²) in [5.74, 6) is -0.168. The van der Waals surface area contributed by atoms with Gasteiger partial charge in [-0.1, -0.05) is 0 Å². The third-order valence-electron chi connectivity index (χ3n) is 2.56. The molecule has 3 nitrogen and oxygen atoms in total. The average Bonchev–Trinajstić information content (AvgIpc) is 2.43. The van der Waals surface area contributed by atoms with Crippen LogP contribution in [0.4, 0.5) is 0 Å². The highest BCUT2D eigenvalue weighted by atomic mass is 16.6. The number of ether oxygens (including phenoxy) is 2. The Balaban J connectivity index is 1.88. The van der Waals surface area contributed by atoms with Crippen LogP contribution in [0.25, 0.3) is 0 Å². The largest absolute Gasteiger partial charge is 0.462 e. The van der Waals surface area contributed by atoms with E-state index in [0.29, 0.717) is 0 Å². The van der Waals surface area contributed by atoms with Crippen molar-refractivity contribution in [1.29, 1.82) is 0 Å². The van der Waals surface area contributed by atoms with Gasteiger partial charge in [-0.25, -0.2) is 0 Å². The molecule has 0 radical (unpaired) electrons. The first-order valence-electron chi connectivity index (χ1n) is 3.98. The highest BCUT2D eigenvalue weighted by molar-refractivity contribution is 5.66. The maximum absolute atomic E-state index is 10.6. The Labute approximate surface area is 65.7 Å². The van der Waals surface area contributed by atoms with Crippen LogP contribution in [0.15, 0.2) is 0 Å². The predicted octanol–water partition coefficient (Wildman–Crippen LogP) is 0.728. The first-order valence-corrected chi connectivity index (χ1v) is 3.98. The van der Waals surface area contributed by atoms with E-state index in [-0.39, 0.29) is 17.5 Å². The van der Waals surface area contributed by atoms with E-state index in [0.717, 1.165) is 26.1 Å². The van der Waals surface area contributed by atoms with Crippen LogP contribution in [-0.4, -0.2) is 25.3 Å². The van der Waals surface area contributed by atoms with Crippen molar-refractivity contribution in [3.63, 3.8) is 0 Å². The van der Waals surface area contributed by atoms with E-state index in [4.69, 9.17) is 9.47 Å². The summed E-state index contributed by atoms with van der Waals surface area (Å²) in [4.78, 5) is 10.6. The van der Waals surface area contributed by atoms with Gasteiger partial charge in [-0.2, -0.15) is 0 Å². The number of hydrogen-bond donors (Lipinski definition) is 0. The third-order valence-corrected chi connectivity index (χ3v) is 2.56. The molecule has 0 aromatic heterocycles. The first-order chi connectivity index (χ1) is 5.23. The molecule has 0 bridgehead atoms. The minimum absolute atomic E-state index is 0.155. The summed E-state index contributed by atoms with van der Waals surface area (Å²) in [5.41, 5.74) is 0.228. The molecule has 2 aliphatic rings. The molecule has 2 rings (SSSR count). The van der Waals surface area contributed by atoms with Crippen LogP contribution in [0.1, 0.15) is 19.8 Å². The summed E-state index contributed by atoms with van der Waals surface area (Å²) in [6, 6.07) is 0. The lowest BCUT2D eigenvalue weighted by Crippen LogP contribution is -2.11. The van der Waals surface area contributed by atoms with Crippen LogP contribution >= 0.6 is 0 Å². The molecular weight excluding hydrogens is 144 g/mol. The van der Waals surface area contributed by atoms with Crippen LogP contribution < -0.4 is 0 Å². The van der Waals surface area contributed by atoms with Gasteiger partial charge in [0.2, 0.25) is 0 Å². The van der Waals surface area contributed by atoms with Crippen LogP contribution in [-0.2, 0) is 14.3 Å². The summed E-state index contributed by atoms with van der Waals surface area (Å²) >= 11 is 0. The van der Waals surface area contributed by atoms with Crippen molar-refractivity contribution in [2.24, 2.45) is 5.41 Å². The molecule has 0 amide bonds. The lowest BCUT2D eigenvalue weighted by atomic mass is 10.1. The Morgan fingerprint density at radius 2 is 2.55 bits per heavy atom. The quantitative estimate of drug-likeness (QED) is 0.525. The minimum atomic E-state index is -0.168. The Bertz CT molecular complexity index is 182. The molecule has 1 saturated heterocycles. The van der Waals surface area contributed by atoms with Crippen LogP contribution in [0.3, 0.4) is 0 Å². The summed E-state index contributed by atoms with van der Waals surface area (Å²) < 4.78 is 10.3. The van der Waals surface area contributed by atoms with Crippen molar-refractivity contribution in [2.75, 3.05) is 13.2 Å². The molecule has 62 valence electrons. The molecule has 1 spiro atoms. The molecule has 3 heteroatoms. The van der Waals surface area contributed by atoms with Gasteiger partial charge >= 0.3 is 5.97 Å². The van der Waals surface area contributed by atoms with Crippen LogP contribution in [0.5, 0.6) is 0 Å². The molecule has 0 aromatic carbocycles. The van der Waals surface area contributed by atoms with Gasteiger partial charge in [0.15, 0.2) is 0 Å². The van der Waals surface area contributed by atoms with E-state index < -0.39 is 0 Å². The summed E-state index contributed by atoms with van der Waals surface area (Å²) in [6.45, 7) is 3.07. The molecule has 1 heterocycles. The molecule has 2 fully saturated rings. The Hall–Kier alpha value is -0.570. The van der Waals surface area contributed by atoms with E-state index in [1.807, 2.05) is 0 Å². The number of esters is 1. The number of carbonyl (C=O) groups is 1. The SMILES string of the molecule is CC(=O)OC1CC12CCOC2. The van der Waals surface area contributed by atoms with Gasteiger partial charge < -0.3 is 9.47 Å². The Morgan fingerprint density at radius 3 is 3.09 bits per heavy atom. The van der Waals surface area contributed by atoms with Gasteiger partial charge in [0, 0.05) is 18.9 Å². The lowest BCUT2D eigenvalue weighted by molar-refractivity contribution is -0.143. The Kier molecular flexibility index (Phi) is 1.42. The fourth-order valence-electron chi connectivity index (χ4n) is 1.72. The van der Waals surface area contributed by atoms with Gasteiger partial charge in [0.1, 0.15) is 6.10 Å². The minimum Gasteiger partial charge on any atom is -0.462 e. The Morgan fingerprint density at radius 1 is 1.73 bits per heavy atom. The summed E-state index contributed by atoms with van der Waals surface area (Å²) in [6.07, 6.45) is 2.22. The van der Waals surface area contributed by atoms with Gasteiger partial charge in [-0.3, -0.25) is 4.79 Å². The van der Waals surface area contributed by atoms with E-state index in [1.165, 1.54) is 6.92 Å². The van der Waals surface area contributed by atoms with Crippen molar-refractivity contribution < 1.29 is 14.3 Å². The predicted molar refractivity (Wildman–Crippen MR) is 38.0 cm³/mol. The van der Waals surface area contributed by atoms with Crippen molar-refractivity contribution >= 4 is 5.97 Å². The zero-order valence-corrected chi connectivity index (χ0v) is 6.63. The number of rotatable bonds is 1. The molecule has 11 heavy (non-hydrogen) atoms. The molecule has 0 aromatic rings. The van der Waals surface area contributed by atoms with Gasteiger partial charge in [0.25, 0.3) is 0 Å². The van der Waals surface area contributed by atoms with Crippen molar-refractivity contribution in [3.8, 4) is 0 Å². The maximum Gasteiger partial charge on any atom is 0.302 e. The highest BCUT2D eigenvalue weighted by Crippen LogP contribution is 2.54. The van der Waals surface area contributed by atoms with Crippen molar-refractivity contribution in [1.82, 2.24) is 0 Å². The van der Waals surface area contributed by atoms with Crippen molar-refractivity contribution in [2.45, 2.75) is 25.9 Å². The standard InChI is InChI=1S/C8H12O3/c1-6(9)11-7-4-8(7)2-3-10-5-8/h7H,2-5H2,1H3. The number of carbonyl (C=O) groups excluding carboxylic acids is 1. The molecule has 0 N–H and O–H groups in total. The molecular formula is C8H12O3.